The molecule has 0 aromatic rings. The Balaban J connectivity index is 2.78. The maximum Gasteiger partial charge on any atom is 0.233 e. The lowest BCUT2D eigenvalue weighted by molar-refractivity contribution is -0.122. The zero-order valence-corrected chi connectivity index (χ0v) is 13.6. The van der Waals surface area contributed by atoms with E-state index in [1.807, 2.05) is 7.05 Å². The van der Waals surface area contributed by atoms with Gasteiger partial charge < -0.3 is 5.32 Å². The van der Waals surface area contributed by atoms with Gasteiger partial charge in [-0.1, -0.05) is 27.2 Å². The molecule has 3 atom stereocenters. The normalized spacial score (nSPS) is 27.1. The monoisotopic (exact) mass is 279 g/mol. The molecule has 1 N–H and O–H groups in total. The molecule has 1 aliphatic rings. The molecule has 1 rings (SSSR count). The molecule has 0 heterocycles. The summed E-state index contributed by atoms with van der Waals surface area (Å²) in [6, 6.07) is 2.64. The van der Waals surface area contributed by atoms with Gasteiger partial charge in [0.05, 0.1) is 18.5 Å². The SMILES string of the molecule is CCC(C)(C)C1CCC(C#N)C(N(C)CC(=O)NC)C1. The Morgan fingerprint density at radius 2 is 2.10 bits per heavy atom. The van der Waals surface area contributed by atoms with Crippen molar-refractivity contribution in [2.24, 2.45) is 17.3 Å². The molecule has 1 fully saturated rings. The molecular formula is C16H29N3O. The fraction of sp³-hybridized carbons (Fsp3) is 0.875. The van der Waals surface area contributed by atoms with Crippen molar-refractivity contribution in [1.29, 1.82) is 5.26 Å². The molecule has 0 aromatic carbocycles. The van der Waals surface area contributed by atoms with Crippen molar-refractivity contribution >= 4 is 5.91 Å². The van der Waals surface area contributed by atoms with Crippen LogP contribution in [0.15, 0.2) is 0 Å². The molecule has 0 spiro atoms. The van der Waals surface area contributed by atoms with E-state index >= 15 is 0 Å². The van der Waals surface area contributed by atoms with E-state index in [0.717, 1.165) is 25.7 Å². The lowest BCUT2D eigenvalue weighted by Crippen LogP contribution is -2.47. The van der Waals surface area contributed by atoms with Crippen molar-refractivity contribution in [2.45, 2.75) is 52.5 Å². The molecule has 1 amide bonds. The summed E-state index contributed by atoms with van der Waals surface area (Å²) in [5.41, 5.74) is 0.312. The largest absolute Gasteiger partial charge is 0.358 e. The van der Waals surface area contributed by atoms with Gasteiger partial charge in [-0.25, -0.2) is 0 Å². The van der Waals surface area contributed by atoms with E-state index in [9.17, 15) is 10.1 Å². The number of nitriles is 1. The van der Waals surface area contributed by atoms with E-state index in [0.29, 0.717) is 17.9 Å². The number of carbonyl (C=O) groups excluding carboxylic acids is 1. The van der Waals surface area contributed by atoms with Crippen LogP contribution in [-0.2, 0) is 4.79 Å². The van der Waals surface area contributed by atoms with Gasteiger partial charge in [0.1, 0.15) is 0 Å². The third-order valence-electron chi connectivity index (χ3n) is 5.24. The van der Waals surface area contributed by atoms with Crippen LogP contribution in [0, 0.1) is 28.6 Å². The molecule has 1 aliphatic carbocycles. The Morgan fingerprint density at radius 1 is 1.45 bits per heavy atom. The molecule has 0 saturated heterocycles. The Kier molecular flexibility index (Phi) is 6.01. The Hall–Kier alpha value is -1.08. The van der Waals surface area contributed by atoms with Crippen LogP contribution in [0.5, 0.6) is 0 Å². The van der Waals surface area contributed by atoms with E-state index in [1.165, 1.54) is 0 Å². The summed E-state index contributed by atoms with van der Waals surface area (Å²) in [6.07, 6.45) is 4.25. The molecule has 114 valence electrons. The topological polar surface area (TPSA) is 56.1 Å². The summed E-state index contributed by atoms with van der Waals surface area (Å²) in [6.45, 7) is 7.25. The van der Waals surface area contributed by atoms with E-state index in [4.69, 9.17) is 0 Å². The van der Waals surface area contributed by atoms with Crippen molar-refractivity contribution in [3.8, 4) is 6.07 Å². The van der Waals surface area contributed by atoms with E-state index in [2.05, 4.69) is 37.1 Å². The van der Waals surface area contributed by atoms with Gasteiger partial charge in [-0.3, -0.25) is 9.69 Å². The van der Waals surface area contributed by atoms with Crippen LogP contribution in [0.1, 0.15) is 46.5 Å². The Bertz CT molecular complexity index is 372. The summed E-state index contributed by atoms with van der Waals surface area (Å²) in [5.74, 6) is 0.698. The van der Waals surface area contributed by atoms with E-state index in [1.54, 1.807) is 7.05 Å². The molecule has 0 bridgehead atoms. The lowest BCUT2D eigenvalue weighted by Gasteiger charge is -2.44. The first-order chi connectivity index (χ1) is 9.35. The number of nitrogens with one attached hydrogen (secondary N) is 1. The first-order valence-electron chi connectivity index (χ1n) is 7.66. The predicted octanol–water partition coefficient (Wildman–Crippen LogP) is 2.41. The molecule has 1 saturated carbocycles. The van der Waals surface area contributed by atoms with Crippen molar-refractivity contribution in [3.05, 3.63) is 0 Å². The summed E-state index contributed by atoms with van der Waals surface area (Å²) in [4.78, 5) is 13.6. The lowest BCUT2D eigenvalue weighted by atomic mass is 9.66. The molecule has 4 heteroatoms. The summed E-state index contributed by atoms with van der Waals surface area (Å²) in [5, 5.41) is 12.0. The van der Waals surface area contributed by atoms with Gasteiger partial charge in [-0.15, -0.1) is 0 Å². The quantitative estimate of drug-likeness (QED) is 0.841. The van der Waals surface area contributed by atoms with Gasteiger partial charge >= 0.3 is 0 Å². The molecule has 0 aromatic heterocycles. The third kappa shape index (κ3) is 3.96. The molecule has 0 aliphatic heterocycles. The molecule has 4 nitrogen and oxygen atoms in total. The number of rotatable bonds is 5. The summed E-state index contributed by atoms with van der Waals surface area (Å²) >= 11 is 0. The zero-order valence-electron chi connectivity index (χ0n) is 13.6. The number of carbonyl (C=O) groups is 1. The van der Waals surface area contributed by atoms with Gasteiger partial charge in [0.15, 0.2) is 0 Å². The van der Waals surface area contributed by atoms with Crippen molar-refractivity contribution in [3.63, 3.8) is 0 Å². The highest BCUT2D eigenvalue weighted by Gasteiger charge is 2.39. The van der Waals surface area contributed by atoms with E-state index < -0.39 is 0 Å². The highest BCUT2D eigenvalue weighted by Crippen LogP contribution is 2.43. The van der Waals surface area contributed by atoms with Crippen LogP contribution < -0.4 is 5.32 Å². The minimum absolute atomic E-state index is 0.0149. The number of nitrogens with zero attached hydrogens (tertiary/aromatic N) is 2. The first-order valence-corrected chi connectivity index (χ1v) is 7.66. The van der Waals surface area contributed by atoms with Gasteiger partial charge in [0.25, 0.3) is 0 Å². The minimum Gasteiger partial charge on any atom is -0.358 e. The summed E-state index contributed by atoms with van der Waals surface area (Å²) in [7, 11) is 3.62. The average Bonchev–Trinajstić information content (AvgIpc) is 2.46. The second-order valence-electron chi connectivity index (χ2n) is 6.74. The molecule has 3 unspecified atom stereocenters. The van der Waals surface area contributed by atoms with Gasteiger partial charge in [0.2, 0.25) is 5.91 Å². The van der Waals surface area contributed by atoms with Crippen LogP contribution in [-0.4, -0.2) is 37.5 Å². The number of likely N-dealkylation sites (N-methyl/N-ethyl adjacent to an activating group) is 2. The number of hydrogen-bond acceptors (Lipinski definition) is 3. The van der Waals surface area contributed by atoms with Gasteiger partial charge in [0, 0.05) is 13.1 Å². The van der Waals surface area contributed by atoms with Gasteiger partial charge in [-0.2, -0.15) is 5.26 Å². The zero-order chi connectivity index (χ0) is 15.3. The highest BCUT2D eigenvalue weighted by molar-refractivity contribution is 5.77. The molecule has 0 radical (unpaired) electrons. The number of hydrogen-bond donors (Lipinski definition) is 1. The smallest absolute Gasteiger partial charge is 0.233 e. The van der Waals surface area contributed by atoms with Crippen LogP contribution in [0.4, 0.5) is 0 Å². The first kappa shape index (κ1) is 17.0. The minimum atomic E-state index is 0.0149. The second-order valence-corrected chi connectivity index (χ2v) is 6.74. The molecular weight excluding hydrogens is 250 g/mol. The van der Waals surface area contributed by atoms with Crippen LogP contribution in [0.3, 0.4) is 0 Å². The number of amides is 1. The Morgan fingerprint density at radius 3 is 2.60 bits per heavy atom. The maximum atomic E-state index is 11.6. The van der Waals surface area contributed by atoms with E-state index in [-0.39, 0.29) is 17.9 Å². The Labute approximate surface area is 123 Å². The maximum absolute atomic E-state index is 11.6. The fourth-order valence-corrected chi connectivity index (χ4v) is 3.21. The average molecular weight is 279 g/mol. The van der Waals surface area contributed by atoms with Crippen LogP contribution in [0.2, 0.25) is 0 Å². The van der Waals surface area contributed by atoms with Crippen molar-refractivity contribution in [2.75, 3.05) is 20.6 Å². The van der Waals surface area contributed by atoms with Crippen LogP contribution in [0.25, 0.3) is 0 Å². The molecule has 20 heavy (non-hydrogen) atoms. The standard InChI is InChI=1S/C16H29N3O/c1-6-16(2,3)13-8-7-12(10-17)14(9-13)19(5)11-15(20)18-4/h12-14H,6-9,11H2,1-5H3,(H,18,20). The second kappa shape index (κ2) is 7.08. The fourth-order valence-electron chi connectivity index (χ4n) is 3.21. The highest BCUT2D eigenvalue weighted by atomic mass is 16.1. The van der Waals surface area contributed by atoms with Gasteiger partial charge in [-0.05, 0) is 37.6 Å². The third-order valence-corrected chi connectivity index (χ3v) is 5.24. The predicted molar refractivity (Wildman–Crippen MR) is 81.0 cm³/mol. The van der Waals surface area contributed by atoms with Crippen molar-refractivity contribution < 1.29 is 4.79 Å². The van der Waals surface area contributed by atoms with Crippen molar-refractivity contribution in [1.82, 2.24) is 10.2 Å². The summed E-state index contributed by atoms with van der Waals surface area (Å²) < 4.78 is 0. The van der Waals surface area contributed by atoms with Crippen LogP contribution >= 0.6 is 0 Å².